The minimum absolute atomic E-state index is 0.0537. The number of hydrogen-bond donors (Lipinski definition) is 3. The number of rotatable bonds is 13. The van der Waals surface area contributed by atoms with Crippen LogP contribution in [-0.4, -0.2) is 64.5 Å². The molecule has 0 aromatic heterocycles. The molecular weight excluding hydrogens is 346 g/mol. The first-order valence-corrected chi connectivity index (χ1v) is 9.36. The molecule has 0 radical (unpaired) electrons. The summed E-state index contributed by atoms with van der Waals surface area (Å²) in [5.41, 5.74) is -0.541. The Labute approximate surface area is 161 Å². The number of nitrogens with zero attached hydrogens (tertiary/aromatic N) is 2. The highest BCUT2D eigenvalue weighted by atomic mass is 16.5. The molecule has 0 bridgehead atoms. The maximum absolute atomic E-state index is 11.6. The number of carbonyl (C=O) groups is 2. The summed E-state index contributed by atoms with van der Waals surface area (Å²) in [5.74, 6) is 5.45. The van der Waals surface area contributed by atoms with E-state index in [0.717, 1.165) is 17.7 Å². The van der Waals surface area contributed by atoms with Crippen LogP contribution in [0.3, 0.4) is 0 Å². The van der Waals surface area contributed by atoms with E-state index in [4.69, 9.17) is 21.4 Å². The Bertz CT molecular complexity index is 588. The van der Waals surface area contributed by atoms with Crippen LogP contribution in [-0.2, 0) is 14.3 Å². The fourth-order valence-corrected chi connectivity index (χ4v) is 2.79. The van der Waals surface area contributed by atoms with E-state index in [2.05, 4.69) is 0 Å². The van der Waals surface area contributed by atoms with E-state index >= 15 is 0 Å². The van der Waals surface area contributed by atoms with Crippen LogP contribution in [0.25, 0.3) is 0 Å². The van der Waals surface area contributed by atoms with Gasteiger partial charge < -0.3 is 15.6 Å². The highest BCUT2D eigenvalue weighted by Crippen LogP contribution is 2.24. The molecule has 152 valence electrons. The van der Waals surface area contributed by atoms with Crippen LogP contribution in [0.5, 0.6) is 0 Å². The minimum Gasteiger partial charge on any atom is -0.375 e. The fraction of sp³-hybridized carbons (Fsp3) is 0.684. The molecule has 1 heterocycles. The molecule has 2 atom stereocenters. The number of amides is 2. The van der Waals surface area contributed by atoms with E-state index in [9.17, 15) is 9.59 Å². The Hall–Kier alpha value is -1.90. The van der Waals surface area contributed by atoms with E-state index < -0.39 is 11.8 Å². The second-order valence-electron chi connectivity index (χ2n) is 7.49. The molecule has 2 unspecified atom stereocenters. The van der Waals surface area contributed by atoms with Gasteiger partial charge >= 0.3 is 0 Å². The van der Waals surface area contributed by atoms with Crippen molar-refractivity contribution in [2.24, 2.45) is 5.84 Å². The summed E-state index contributed by atoms with van der Waals surface area (Å²) in [4.78, 5) is 24.3. The lowest BCUT2D eigenvalue weighted by atomic mass is 9.93. The van der Waals surface area contributed by atoms with Crippen molar-refractivity contribution in [3.8, 4) is 0 Å². The Morgan fingerprint density at radius 3 is 2.33 bits per heavy atom. The Balaban J connectivity index is 2.59. The lowest BCUT2D eigenvalue weighted by molar-refractivity contribution is -0.135. The van der Waals surface area contributed by atoms with Gasteiger partial charge in [-0.05, 0) is 39.3 Å². The lowest BCUT2D eigenvalue weighted by Crippen LogP contribution is -2.54. The average Bonchev–Trinajstić information content (AvgIpc) is 2.93. The zero-order valence-electron chi connectivity index (χ0n) is 16.9. The van der Waals surface area contributed by atoms with E-state index in [-0.39, 0.29) is 29.9 Å². The third-order valence-corrected chi connectivity index (χ3v) is 5.44. The molecule has 2 amide bonds. The Kier molecular flexibility index (Phi) is 8.46. The van der Waals surface area contributed by atoms with Gasteiger partial charge in [0.1, 0.15) is 0 Å². The zero-order chi connectivity index (χ0) is 20.7. The quantitative estimate of drug-likeness (QED) is 0.195. The molecule has 8 heteroatoms. The SMILES string of the molecule is CCC(C)(CC=N)OCCC(C)(CC)N(N)CC(=N)CN1C(=O)C=CC1=O. The zero-order valence-corrected chi connectivity index (χ0v) is 16.9. The number of hydrogen-bond acceptors (Lipinski definition) is 7. The van der Waals surface area contributed by atoms with Crippen LogP contribution < -0.4 is 5.84 Å². The van der Waals surface area contributed by atoms with Crippen molar-refractivity contribution >= 4 is 23.7 Å². The number of carbonyl (C=O) groups excluding carboxylic acids is 2. The fourth-order valence-electron chi connectivity index (χ4n) is 2.79. The van der Waals surface area contributed by atoms with Crippen molar-refractivity contribution < 1.29 is 14.3 Å². The second-order valence-corrected chi connectivity index (χ2v) is 7.49. The smallest absolute Gasteiger partial charge is 0.253 e. The van der Waals surface area contributed by atoms with Crippen LogP contribution in [0.15, 0.2) is 12.2 Å². The minimum atomic E-state index is -0.398. The molecule has 0 saturated carbocycles. The van der Waals surface area contributed by atoms with Crippen LogP contribution >= 0.6 is 0 Å². The summed E-state index contributed by atoms with van der Waals surface area (Å²) in [5, 5.41) is 17.0. The first-order chi connectivity index (χ1) is 12.6. The molecule has 1 aliphatic heterocycles. The molecular formula is C19H33N5O3. The third kappa shape index (κ3) is 6.34. The molecule has 0 aromatic carbocycles. The molecule has 1 rings (SSSR count). The first-order valence-electron chi connectivity index (χ1n) is 9.36. The van der Waals surface area contributed by atoms with E-state index in [1.54, 1.807) is 5.01 Å². The van der Waals surface area contributed by atoms with Gasteiger partial charge in [-0.3, -0.25) is 20.3 Å². The van der Waals surface area contributed by atoms with Gasteiger partial charge in [-0.15, -0.1) is 0 Å². The normalized spacial score (nSPS) is 18.7. The number of hydrazine groups is 1. The first kappa shape index (κ1) is 23.1. The third-order valence-electron chi connectivity index (χ3n) is 5.44. The van der Waals surface area contributed by atoms with Crippen molar-refractivity contribution in [2.75, 3.05) is 19.7 Å². The van der Waals surface area contributed by atoms with Gasteiger partial charge in [-0.2, -0.15) is 0 Å². The molecule has 1 aliphatic rings. The van der Waals surface area contributed by atoms with E-state index in [0.29, 0.717) is 19.4 Å². The lowest BCUT2D eigenvalue weighted by Gasteiger charge is -2.39. The summed E-state index contributed by atoms with van der Waals surface area (Å²) < 4.78 is 6.01. The van der Waals surface area contributed by atoms with Crippen LogP contribution in [0, 0.1) is 10.8 Å². The van der Waals surface area contributed by atoms with E-state index in [1.165, 1.54) is 18.4 Å². The molecule has 8 nitrogen and oxygen atoms in total. The second kappa shape index (κ2) is 9.87. The van der Waals surface area contributed by atoms with Gasteiger partial charge in [0.2, 0.25) is 0 Å². The predicted molar refractivity (Wildman–Crippen MR) is 106 cm³/mol. The van der Waals surface area contributed by atoms with Gasteiger partial charge in [0.25, 0.3) is 11.8 Å². The van der Waals surface area contributed by atoms with Gasteiger partial charge in [0.15, 0.2) is 0 Å². The maximum atomic E-state index is 11.6. The number of nitrogens with one attached hydrogen (secondary N) is 2. The number of ether oxygens (including phenoxy) is 1. The van der Waals surface area contributed by atoms with Gasteiger partial charge in [-0.25, -0.2) is 5.01 Å². The maximum Gasteiger partial charge on any atom is 0.253 e. The number of imide groups is 1. The summed E-state index contributed by atoms with van der Waals surface area (Å²) in [6.07, 6.45) is 6.60. The molecule has 0 saturated heterocycles. The van der Waals surface area contributed by atoms with Crippen molar-refractivity contribution in [3.63, 3.8) is 0 Å². The Morgan fingerprint density at radius 2 is 1.85 bits per heavy atom. The molecule has 0 fully saturated rings. The summed E-state index contributed by atoms with van der Waals surface area (Å²) in [7, 11) is 0. The van der Waals surface area contributed by atoms with E-state index in [1.807, 2.05) is 27.7 Å². The topological polar surface area (TPSA) is 124 Å². The van der Waals surface area contributed by atoms with Crippen LogP contribution in [0.4, 0.5) is 0 Å². The van der Waals surface area contributed by atoms with Gasteiger partial charge in [0.05, 0.1) is 18.7 Å². The largest absolute Gasteiger partial charge is 0.375 e. The number of nitrogens with two attached hydrogens (primary N) is 1. The molecule has 4 N–H and O–H groups in total. The van der Waals surface area contributed by atoms with Crippen molar-refractivity contribution in [1.82, 2.24) is 9.91 Å². The van der Waals surface area contributed by atoms with Gasteiger partial charge in [0, 0.05) is 36.4 Å². The molecule has 0 aliphatic carbocycles. The molecule has 27 heavy (non-hydrogen) atoms. The standard InChI is InChI=1S/C19H33N5O3/c1-5-18(3,10-12-27-19(4,6-2)9-11-20)24(22)14-15(21)13-23-16(25)7-8-17(23)26/h7-8,11,20-21H,5-6,9-10,12-14,22H2,1-4H3. The highest BCUT2D eigenvalue weighted by molar-refractivity contribution is 6.14. The van der Waals surface area contributed by atoms with Crippen molar-refractivity contribution in [1.29, 1.82) is 10.8 Å². The van der Waals surface area contributed by atoms with Crippen LogP contribution in [0.2, 0.25) is 0 Å². The van der Waals surface area contributed by atoms with Crippen molar-refractivity contribution in [2.45, 2.75) is 64.5 Å². The molecule has 0 aromatic rings. The summed E-state index contributed by atoms with van der Waals surface area (Å²) in [6.45, 7) is 8.67. The van der Waals surface area contributed by atoms with Crippen molar-refractivity contribution in [3.05, 3.63) is 12.2 Å². The van der Waals surface area contributed by atoms with Crippen LogP contribution in [0.1, 0.15) is 53.4 Å². The summed E-state index contributed by atoms with van der Waals surface area (Å²) in [6, 6.07) is 0. The predicted octanol–water partition coefficient (Wildman–Crippen LogP) is 1.89. The summed E-state index contributed by atoms with van der Waals surface area (Å²) >= 11 is 0. The Morgan fingerprint density at radius 1 is 1.26 bits per heavy atom. The van der Waals surface area contributed by atoms with Gasteiger partial charge in [-0.1, -0.05) is 13.8 Å². The monoisotopic (exact) mass is 379 g/mol. The highest BCUT2D eigenvalue weighted by Gasteiger charge is 2.31. The molecule has 0 spiro atoms. The average molecular weight is 380 g/mol.